The number of fused-ring (bicyclic) bond motifs is 9. The highest BCUT2D eigenvalue weighted by molar-refractivity contribution is 6.13. The third-order valence-corrected chi connectivity index (χ3v) is 13.7. The van der Waals surface area contributed by atoms with Gasteiger partial charge in [-0.2, -0.15) is 0 Å². The Morgan fingerprint density at radius 1 is 0.394 bits per heavy atom. The van der Waals surface area contributed by atoms with Gasteiger partial charge >= 0.3 is 0 Å². The first kappa shape index (κ1) is 38.0. The lowest BCUT2D eigenvalue weighted by molar-refractivity contribution is 0.661. The van der Waals surface area contributed by atoms with Crippen molar-refractivity contribution < 1.29 is 0 Å². The smallest absolute Gasteiger partial charge is 0.235 e. The molecule has 0 spiro atoms. The second kappa shape index (κ2) is 14.8. The third-order valence-electron chi connectivity index (χ3n) is 13.7. The largest absolute Gasteiger partial charge is 0.309 e. The predicted molar refractivity (Wildman–Crippen MR) is 274 cm³/mol. The van der Waals surface area contributed by atoms with Crippen molar-refractivity contribution in [3.05, 3.63) is 236 Å². The zero-order valence-corrected chi connectivity index (χ0v) is 36.6. The quantitative estimate of drug-likeness (QED) is 0.160. The lowest BCUT2D eigenvalue weighted by atomic mass is 9.82. The average molecular weight is 846 g/mol. The molecule has 3 heterocycles. The van der Waals surface area contributed by atoms with Gasteiger partial charge in [-0.3, -0.25) is 4.90 Å². The van der Waals surface area contributed by atoms with Crippen LogP contribution in [0.3, 0.4) is 0 Å². The highest BCUT2D eigenvalue weighted by Crippen LogP contribution is 2.52. The number of para-hydroxylation sites is 5. The van der Waals surface area contributed by atoms with Gasteiger partial charge in [0.2, 0.25) is 5.95 Å². The van der Waals surface area contributed by atoms with Gasteiger partial charge < -0.3 is 9.13 Å². The molecule has 0 bridgehead atoms. The van der Waals surface area contributed by atoms with Crippen LogP contribution in [-0.4, -0.2) is 19.1 Å². The number of benzene rings is 9. The van der Waals surface area contributed by atoms with E-state index in [4.69, 9.17) is 9.97 Å². The lowest BCUT2D eigenvalue weighted by Gasteiger charge is -2.27. The summed E-state index contributed by atoms with van der Waals surface area (Å²) in [5.41, 5.74) is 17.4. The minimum absolute atomic E-state index is 0.168. The Morgan fingerprint density at radius 3 is 1.65 bits per heavy atom. The van der Waals surface area contributed by atoms with Gasteiger partial charge in [0, 0.05) is 43.8 Å². The van der Waals surface area contributed by atoms with Crippen molar-refractivity contribution >= 4 is 60.9 Å². The number of aromatic nitrogens is 4. The summed E-state index contributed by atoms with van der Waals surface area (Å²) in [6, 6.07) is 80.6. The molecule has 1 aliphatic carbocycles. The zero-order chi connectivity index (χ0) is 43.9. The monoisotopic (exact) mass is 845 g/mol. The zero-order valence-electron chi connectivity index (χ0n) is 36.6. The molecule has 0 saturated heterocycles. The van der Waals surface area contributed by atoms with Crippen LogP contribution in [0.25, 0.3) is 88.6 Å². The molecule has 66 heavy (non-hydrogen) atoms. The fourth-order valence-corrected chi connectivity index (χ4v) is 10.6. The molecule has 0 saturated carbocycles. The molecule has 0 amide bonds. The van der Waals surface area contributed by atoms with Crippen molar-refractivity contribution in [2.45, 2.75) is 19.3 Å². The van der Waals surface area contributed by atoms with Crippen molar-refractivity contribution in [1.29, 1.82) is 0 Å². The van der Waals surface area contributed by atoms with E-state index in [2.05, 4.69) is 240 Å². The lowest BCUT2D eigenvalue weighted by Crippen LogP contribution is -2.17. The van der Waals surface area contributed by atoms with Crippen molar-refractivity contribution in [3.8, 4) is 45.0 Å². The van der Waals surface area contributed by atoms with E-state index in [9.17, 15) is 0 Å². The van der Waals surface area contributed by atoms with Crippen LogP contribution in [0.15, 0.2) is 224 Å². The predicted octanol–water partition coefficient (Wildman–Crippen LogP) is 15.8. The van der Waals surface area contributed by atoms with Gasteiger partial charge in [0.1, 0.15) is 0 Å². The molecule has 0 N–H and O–H groups in total. The average Bonchev–Trinajstić information content (AvgIpc) is 3.96. The molecule has 9 aromatic carbocycles. The van der Waals surface area contributed by atoms with Crippen LogP contribution in [0.5, 0.6) is 0 Å². The van der Waals surface area contributed by atoms with Crippen LogP contribution in [-0.2, 0) is 5.41 Å². The van der Waals surface area contributed by atoms with Gasteiger partial charge in [0.25, 0.3) is 0 Å². The molecule has 0 atom stereocenters. The van der Waals surface area contributed by atoms with Gasteiger partial charge in [0.05, 0.1) is 50.5 Å². The highest BCUT2D eigenvalue weighted by atomic mass is 15.3. The number of hydrogen-bond acceptors (Lipinski definition) is 3. The van der Waals surface area contributed by atoms with E-state index in [-0.39, 0.29) is 5.41 Å². The summed E-state index contributed by atoms with van der Waals surface area (Å²) < 4.78 is 4.84. The Morgan fingerprint density at radius 2 is 0.939 bits per heavy atom. The Hall–Kier alpha value is -8.54. The molecule has 0 fully saturated rings. The summed E-state index contributed by atoms with van der Waals surface area (Å²) in [7, 11) is 0. The molecule has 0 aliphatic heterocycles. The van der Waals surface area contributed by atoms with Crippen molar-refractivity contribution in [2.75, 3.05) is 4.90 Å². The van der Waals surface area contributed by atoms with E-state index in [1.807, 2.05) is 12.1 Å². The third kappa shape index (κ3) is 5.80. The fraction of sp³-hybridized carbons (Fsp3) is 0.0492. The summed E-state index contributed by atoms with van der Waals surface area (Å²) in [6.07, 6.45) is 0. The normalized spacial score (nSPS) is 12.8. The molecule has 312 valence electrons. The van der Waals surface area contributed by atoms with Gasteiger partial charge in [-0.25, -0.2) is 9.97 Å². The first-order chi connectivity index (χ1) is 32.5. The van der Waals surface area contributed by atoms with E-state index in [1.165, 1.54) is 43.8 Å². The molecule has 3 aromatic heterocycles. The maximum Gasteiger partial charge on any atom is 0.235 e. The molecule has 0 radical (unpaired) electrons. The van der Waals surface area contributed by atoms with Crippen LogP contribution < -0.4 is 4.90 Å². The number of anilines is 3. The molecule has 5 nitrogen and oxygen atoms in total. The fourth-order valence-electron chi connectivity index (χ4n) is 10.6. The minimum atomic E-state index is -0.168. The van der Waals surface area contributed by atoms with Gasteiger partial charge in [-0.1, -0.05) is 172 Å². The van der Waals surface area contributed by atoms with Crippen LogP contribution in [0.1, 0.15) is 25.0 Å². The van der Waals surface area contributed by atoms with E-state index < -0.39 is 0 Å². The van der Waals surface area contributed by atoms with Crippen molar-refractivity contribution in [2.24, 2.45) is 0 Å². The summed E-state index contributed by atoms with van der Waals surface area (Å²) in [6.45, 7) is 4.72. The Kier molecular flexibility index (Phi) is 8.49. The van der Waals surface area contributed by atoms with Crippen LogP contribution >= 0.6 is 0 Å². The van der Waals surface area contributed by atoms with E-state index >= 15 is 0 Å². The second-order valence-corrected chi connectivity index (χ2v) is 17.8. The van der Waals surface area contributed by atoms with Crippen LogP contribution in [0, 0.1) is 0 Å². The van der Waals surface area contributed by atoms with Crippen molar-refractivity contribution in [1.82, 2.24) is 19.1 Å². The topological polar surface area (TPSA) is 38.9 Å². The Labute approximate surface area is 383 Å². The number of nitrogens with zero attached hydrogens (tertiary/aromatic N) is 5. The molecule has 1 aliphatic rings. The van der Waals surface area contributed by atoms with Gasteiger partial charge in [-0.05, 0) is 89.0 Å². The standard InChI is InChI=1S/C61H43N5/c1-61(2)50-29-15-12-26-44(50)48-37-49-46-28-14-17-31-55(46)66(59(49)38-51(48)61)57-33-19-18-32-56(57)65(60-62-52(40-20-6-3-7-21-40)39-53(63-60)41-22-8-4-9-23-41)43-34-35-47-45-27-13-16-30-54(45)64(58(47)36-43)42-24-10-5-11-25-42/h3-39H,1-2H3. The van der Waals surface area contributed by atoms with Gasteiger partial charge in [-0.15, -0.1) is 0 Å². The van der Waals surface area contributed by atoms with E-state index in [1.54, 1.807) is 0 Å². The first-order valence-electron chi connectivity index (χ1n) is 22.7. The number of hydrogen-bond donors (Lipinski definition) is 0. The minimum Gasteiger partial charge on any atom is -0.309 e. The molecule has 13 rings (SSSR count). The SMILES string of the molecule is CC1(C)c2ccccc2-c2cc3c4ccccc4n(-c4ccccc4N(c4ccc5c6ccccc6n(-c6ccccc6)c5c4)c4nc(-c5ccccc5)cc(-c5ccccc5)n4)c3cc21. The van der Waals surface area contributed by atoms with Crippen molar-refractivity contribution in [3.63, 3.8) is 0 Å². The van der Waals surface area contributed by atoms with Gasteiger partial charge in [0.15, 0.2) is 0 Å². The second-order valence-electron chi connectivity index (χ2n) is 17.8. The molecule has 0 unspecified atom stereocenters. The number of rotatable bonds is 7. The summed E-state index contributed by atoms with van der Waals surface area (Å²) in [5, 5.41) is 4.81. The molecular formula is C61H43N5. The maximum absolute atomic E-state index is 5.52. The first-order valence-corrected chi connectivity index (χ1v) is 22.7. The molecular weight excluding hydrogens is 803 g/mol. The van der Waals surface area contributed by atoms with Crippen LogP contribution in [0.4, 0.5) is 17.3 Å². The summed E-state index contributed by atoms with van der Waals surface area (Å²) >= 11 is 0. The summed E-state index contributed by atoms with van der Waals surface area (Å²) in [5.74, 6) is 0.572. The Bertz CT molecular complexity index is 3790. The molecule has 12 aromatic rings. The van der Waals surface area contributed by atoms with E-state index in [0.717, 1.165) is 67.3 Å². The summed E-state index contributed by atoms with van der Waals surface area (Å²) in [4.78, 5) is 13.3. The Balaban J connectivity index is 1.12. The van der Waals surface area contributed by atoms with Crippen LogP contribution in [0.2, 0.25) is 0 Å². The maximum atomic E-state index is 5.52. The highest BCUT2D eigenvalue weighted by Gasteiger charge is 2.36. The molecule has 5 heteroatoms. The van der Waals surface area contributed by atoms with E-state index in [0.29, 0.717) is 5.95 Å².